The summed E-state index contributed by atoms with van der Waals surface area (Å²) in [5.74, 6) is 0.457. The van der Waals surface area contributed by atoms with Crippen molar-refractivity contribution in [3.05, 3.63) is 35.3 Å². The number of aromatic nitrogens is 1. The van der Waals surface area contributed by atoms with Crippen molar-refractivity contribution >= 4 is 5.91 Å². The lowest BCUT2D eigenvalue weighted by Gasteiger charge is -2.28. The highest BCUT2D eigenvalue weighted by molar-refractivity contribution is 5.96. The molecule has 6 heteroatoms. The first kappa shape index (κ1) is 14.0. The Labute approximate surface area is 122 Å². The van der Waals surface area contributed by atoms with Crippen LogP contribution in [-0.2, 0) is 6.42 Å². The summed E-state index contributed by atoms with van der Waals surface area (Å²) in [6.45, 7) is 0.926. The quantitative estimate of drug-likeness (QED) is 0.891. The van der Waals surface area contributed by atoms with Gasteiger partial charge < -0.3 is 15.4 Å². The first-order valence-corrected chi connectivity index (χ1v) is 7.14. The molecule has 1 fully saturated rings. The SMILES string of the molecule is NCC(=CF)COc1cc2c(cn1)C(=O)N(C1CC1)CC2. The average molecular weight is 291 g/mol. The maximum absolute atomic E-state index is 12.4. The van der Waals surface area contributed by atoms with Crippen LogP contribution in [0, 0.1) is 0 Å². The molecule has 0 unspecified atom stereocenters. The molecule has 0 spiro atoms. The number of carbonyl (C=O) groups is 1. The molecule has 1 aliphatic carbocycles. The van der Waals surface area contributed by atoms with E-state index in [0.29, 0.717) is 29.4 Å². The fourth-order valence-electron chi connectivity index (χ4n) is 2.49. The molecule has 5 nitrogen and oxygen atoms in total. The highest BCUT2D eigenvalue weighted by atomic mass is 19.1. The second-order valence-corrected chi connectivity index (χ2v) is 5.42. The standard InChI is InChI=1S/C15H18FN3O2/c16-6-10(7-17)9-21-14-5-11-3-4-19(12-1-2-12)15(20)13(11)8-18-14/h5-6,8,12H,1-4,7,9,17H2. The molecule has 1 amide bonds. The molecule has 0 aromatic carbocycles. The van der Waals surface area contributed by atoms with Crippen LogP contribution in [0.3, 0.4) is 0 Å². The van der Waals surface area contributed by atoms with E-state index in [9.17, 15) is 9.18 Å². The summed E-state index contributed by atoms with van der Waals surface area (Å²) in [6.07, 6.45) is 5.03. The van der Waals surface area contributed by atoms with Crippen LogP contribution < -0.4 is 10.5 Å². The Balaban J connectivity index is 1.72. The van der Waals surface area contributed by atoms with Gasteiger partial charge in [-0.25, -0.2) is 9.37 Å². The molecular weight excluding hydrogens is 273 g/mol. The van der Waals surface area contributed by atoms with Crippen LogP contribution in [-0.4, -0.2) is 41.5 Å². The lowest BCUT2D eigenvalue weighted by Crippen LogP contribution is -2.39. The van der Waals surface area contributed by atoms with Gasteiger partial charge in [-0.1, -0.05) is 0 Å². The molecule has 112 valence electrons. The van der Waals surface area contributed by atoms with E-state index in [-0.39, 0.29) is 19.1 Å². The van der Waals surface area contributed by atoms with E-state index in [4.69, 9.17) is 10.5 Å². The fourth-order valence-corrected chi connectivity index (χ4v) is 2.49. The second kappa shape index (κ2) is 5.81. The first-order chi connectivity index (χ1) is 10.2. The van der Waals surface area contributed by atoms with Gasteiger partial charge in [0.05, 0.1) is 11.9 Å². The molecule has 1 saturated carbocycles. The Hall–Kier alpha value is -1.95. The molecule has 0 bridgehead atoms. The molecule has 1 aromatic rings. The number of fused-ring (bicyclic) bond motifs is 1. The van der Waals surface area contributed by atoms with E-state index in [1.54, 1.807) is 12.3 Å². The Bertz CT molecular complexity index is 584. The number of hydrogen-bond donors (Lipinski definition) is 1. The average Bonchev–Trinajstić information content (AvgIpc) is 3.33. The van der Waals surface area contributed by atoms with Gasteiger partial charge in [0.1, 0.15) is 6.61 Å². The van der Waals surface area contributed by atoms with Crippen molar-refractivity contribution in [1.29, 1.82) is 0 Å². The van der Waals surface area contributed by atoms with Crippen LogP contribution in [0.25, 0.3) is 0 Å². The van der Waals surface area contributed by atoms with Crippen LogP contribution in [0.5, 0.6) is 5.88 Å². The second-order valence-electron chi connectivity index (χ2n) is 5.42. The molecule has 3 rings (SSSR count). The molecular formula is C15H18FN3O2. The molecule has 2 aliphatic rings. The van der Waals surface area contributed by atoms with Crippen molar-refractivity contribution < 1.29 is 13.9 Å². The number of hydrogen-bond acceptors (Lipinski definition) is 4. The Morgan fingerprint density at radius 3 is 3.05 bits per heavy atom. The van der Waals surface area contributed by atoms with Crippen molar-refractivity contribution in [2.75, 3.05) is 19.7 Å². The fraction of sp³-hybridized carbons (Fsp3) is 0.467. The molecule has 0 saturated heterocycles. The normalized spacial score (nSPS) is 18.7. The largest absolute Gasteiger partial charge is 0.473 e. The number of nitrogens with zero attached hydrogens (tertiary/aromatic N) is 2. The van der Waals surface area contributed by atoms with Gasteiger partial charge >= 0.3 is 0 Å². The molecule has 2 N–H and O–H groups in total. The number of amides is 1. The van der Waals surface area contributed by atoms with Crippen LogP contribution >= 0.6 is 0 Å². The van der Waals surface area contributed by atoms with E-state index in [1.807, 2.05) is 4.90 Å². The summed E-state index contributed by atoms with van der Waals surface area (Å²) in [5, 5.41) is 0. The Morgan fingerprint density at radius 2 is 2.38 bits per heavy atom. The highest BCUT2D eigenvalue weighted by Gasteiger charge is 2.36. The summed E-state index contributed by atoms with van der Waals surface area (Å²) in [7, 11) is 0. The lowest BCUT2D eigenvalue weighted by molar-refractivity contribution is 0.0726. The molecule has 2 heterocycles. The third kappa shape index (κ3) is 2.90. The third-order valence-corrected chi connectivity index (χ3v) is 3.89. The molecule has 1 aromatic heterocycles. The smallest absolute Gasteiger partial charge is 0.255 e. The summed E-state index contributed by atoms with van der Waals surface area (Å²) in [4.78, 5) is 18.4. The van der Waals surface area contributed by atoms with E-state index < -0.39 is 0 Å². The van der Waals surface area contributed by atoms with Crippen molar-refractivity contribution in [2.45, 2.75) is 25.3 Å². The minimum absolute atomic E-state index is 0.0594. The van der Waals surface area contributed by atoms with E-state index in [0.717, 1.165) is 31.4 Å². The predicted octanol–water partition coefficient (Wildman–Crippen LogP) is 1.43. The van der Waals surface area contributed by atoms with Gasteiger partial charge in [0.15, 0.2) is 0 Å². The highest BCUT2D eigenvalue weighted by Crippen LogP contribution is 2.32. The summed E-state index contributed by atoms with van der Waals surface area (Å²) in [6, 6.07) is 2.19. The minimum atomic E-state index is 0.0594. The zero-order chi connectivity index (χ0) is 14.8. The van der Waals surface area contributed by atoms with Crippen LogP contribution in [0.2, 0.25) is 0 Å². The first-order valence-electron chi connectivity index (χ1n) is 7.14. The molecule has 0 atom stereocenters. The Morgan fingerprint density at radius 1 is 1.57 bits per heavy atom. The van der Waals surface area contributed by atoms with Crippen LogP contribution in [0.15, 0.2) is 24.2 Å². The number of pyridine rings is 1. The van der Waals surface area contributed by atoms with E-state index in [2.05, 4.69) is 4.98 Å². The number of ether oxygens (including phenoxy) is 1. The van der Waals surface area contributed by atoms with Gasteiger partial charge in [0.2, 0.25) is 5.88 Å². The summed E-state index contributed by atoms with van der Waals surface area (Å²) in [5.41, 5.74) is 7.33. The summed E-state index contributed by atoms with van der Waals surface area (Å²) >= 11 is 0. The van der Waals surface area contributed by atoms with Gasteiger partial charge in [-0.15, -0.1) is 0 Å². The molecule has 0 radical (unpaired) electrons. The third-order valence-electron chi connectivity index (χ3n) is 3.89. The molecule has 21 heavy (non-hydrogen) atoms. The maximum Gasteiger partial charge on any atom is 0.255 e. The van der Waals surface area contributed by atoms with Gasteiger partial charge in [0, 0.05) is 37.0 Å². The topological polar surface area (TPSA) is 68.5 Å². The number of halogens is 1. The number of nitrogens with two attached hydrogens (primary N) is 1. The number of carbonyl (C=O) groups excluding carboxylic acids is 1. The maximum atomic E-state index is 12.4. The van der Waals surface area contributed by atoms with E-state index in [1.165, 1.54) is 0 Å². The minimum Gasteiger partial charge on any atom is -0.473 e. The zero-order valence-corrected chi connectivity index (χ0v) is 11.7. The van der Waals surface area contributed by atoms with Crippen molar-refractivity contribution in [3.63, 3.8) is 0 Å². The van der Waals surface area contributed by atoms with Crippen LogP contribution in [0.1, 0.15) is 28.8 Å². The zero-order valence-electron chi connectivity index (χ0n) is 11.7. The Kier molecular flexibility index (Phi) is 3.88. The predicted molar refractivity (Wildman–Crippen MR) is 75.7 cm³/mol. The van der Waals surface area contributed by atoms with Gasteiger partial charge in [0.25, 0.3) is 5.91 Å². The van der Waals surface area contributed by atoms with Gasteiger partial charge in [-0.3, -0.25) is 4.79 Å². The number of rotatable bonds is 5. The van der Waals surface area contributed by atoms with E-state index >= 15 is 0 Å². The monoisotopic (exact) mass is 291 g/mol. The lowest BCUT2D eigenvalue weighted by atomic mass is 10.0. The summed E-state index contributed by atoms with van der Waals surface area (Å²) < 4.78 is 17.8. The van der Waals surface area contributed by atoms with Crippen molar-refractivity contribution in [2.24, 2.45) is 5.73 Å². The van der Waals surface area contributed by atoms with Crippen molar-refractivity contribution in [1.82, 2.24) is 9.88 Å². The molecule has 1 aliphatic heterocycles. The van der Waals surface area contributed by atoms with Crippen LogP contribution in [0.4, 0.5) is 4.39 Å². The van der Waals surface area contributed by atoms with Gasteiger partial charge in [-0.05, 0) is 24.8 Å². The van der Waals surface area contributed by atoms with Crippen molar-refractivity contribution in [3.8, 4) is 5.88 Å². The van der Waals surface area contributed by atoms with Gasteiger partial charge in [-0.2, -0.15) is 0 Å².